The van der Waals surface area contributed by atoms with Gasteiger partial charge in [0.05, 0.1) is 12.1 Å². The van der Waals surface area contributed by atoms with Gasteiger partial charge in [-0.05, 0) is 12.3 Å². The molecule has 1 aromatic heterocycles. The molecule has 1 heterocycles. The summed E-state index contributed by atoms with van der Waals surface area (Å²) in [6.07, 6.45) is 1.06. The zero-order chi connectivity index (χ0) is 14.8. The fourth-order valence-corrected chi connectivity index (χ4v) is 3.20. The summed E-state index contributed by atoms with van der Waals surface area (Å²) in [7, 11) is 0. The number of hydrogen-bond donors (Lipinski definition) is 0. The highest BCUT2D eigenvalue weighted by molar-refractivity contribution is 7.12. The van der Waals surface area contributed by atoms with Crippen LogP contribution in [-0.4, -0.2) is 10.8 Å². The van der Waals surface area contributed by atoms with E-state index in [9.17, 15) is 4.79 Å². The zero-order valence-corrected chi connectivity index (χ0v) is 13.4. The molecule has 0 radical (unpaired) electrons. The van der Waals surface area contributed by atoms with Gasteiger partial charge in [0.1, 0.15) is 10.8 Å². The third-order valence-corrected chi connectivity index (χ3v) is 3.93. The number of rotatable bonds is 4. The Hall–Kier alpha value is -1.48. The number of aryl methyl sites for hydroxylation is 1. The van der Waals surface area contributed by atoms with Crippen LogP contribution >= 0.6 is 11.3 Å². The van der Waals surface area contributed by atoms with Crippen LogP contribution in [0.25, 0.3) is 11.3 Å². The van der Waals surface area contributed by atoms with Crippen LogP contribution in [0.1, 0.15) is 37.1 Å². The summed E-state index contributed by atoms with van der Waals surface area (Å²) in [5, 5.41) is 0.926. The van der Waals surface area contributed by atoms with Gasteiger partial charge in [-0.25, -0.2) is 4.98 Å². The van der Waals surface area contributed by atoms with Gasteiger partial charge in [-0.1, -0.05) is 51.1 Å². The maximum Gasteiger partial charge on any atom is 0.140 e. The van der Waals surface area contributed by atoms with E-state index in [1.165, 1.54) is 4.88 Å². The Morgan fingerprint density at radius 1 is 1.20 bits per heavy atom. The number of hydrogen-bond acceptors (Lipinski definition) is 3. The van der Waals surface area contributed by atoms with Crippen LogP contribution in [-0.2, 0) is 11.2 Å². The topological polar surface area (TPSA) is 30.0 Å². The van der Waals surface area contributed by atoms with Gasteiger partial charge < -0.3 is 0 Å². The van der Waals surface area contributed by atoms with Crippen molar-refractivity contribution in [3.63, 3.8) is 0 Å². The van der Waals surface area contributed by atoms with Crippen LogP contribution in [0.2, 0.25) is 0 Å². The van der Waals surface area contributed by atoms with Gasteiger partial charge in [0.25, 0.3) is 0 Å². The van der Waals surface area contributed by atoms with Crippen molar-refractivity contribution in [3.8, 4) is 11.3 Å². The van der Waals surface area contributed by atoms with Crippen LogP contribution in [0, 0.1) is 12.3 Å². The average molecular weight is 287 g/mol. The highest BCUT2D eigenvalue weighted by atomic mass is 32.1. The van der Waals surface area contributed by atoms with E-state index in [2.05, 4.69) is 44.8 Å². The lowest BCUT2D eigenvalue weighted by molar-refractivity contribution is -0.120. The van der Waals surface area contributed by atoms with Crippen molar-refractivity contribution in [1.82, 2.24) is 4.98 Å². The van der Waals surface area contributed by atoms with Crippen molar-refractivity contribution < 1.29 is 4.79 Å². The lowest BCUT2D eigenvalue weighted by Crippen LogP contribution is -2.14. The third-order valence-electron chi connectivity index (χ3n) is 2.96. The van der Waals surface area contributed by atoms with E-state index in [0.717, 1.165) is 16.3 Å². The van der Waals surface area contributed by atoms with Gasteiger partial charge in [0.2, 0.25) is 0 Å². The first-order valence-corrected chi connectivity index (χ1v) is 7.70. The molecule has 0 N–H and O–H groups in total. The zero-order valence-electron chi connectivity index (χ0n) is 12.6. The van der Waals surface area contributed by atoms with Crippen molar-refractivity contribution in [3.05, 3.63) is 40.2 Å². The molecule has 20 heavy (non-hydrogen) atoms. The van der Waals surface area contributed by atoms with Crippen molar-refractivity contribution in [2.45, 2.75) is 40.5 Å². The summed E-state index contributed by atoms with van der Waals surface area (Å²) < 4.78 is 0. The lowest BCUT2D eigenvalue weighted by Gasteiger charge is -2.15. The summed E-state index contributed by atoms with van der Waals surface area (Å²) in [6.45, 7) is 8.34. The fourth-order valence-electron chi connectivity index (χ4n) is 2.21. The maximum atomic E-state index is 12.1. The molecule has 3 heteroatoms. The van der Waals surface area contributed by atoms with Gasteiger partial charge in [0.15, 0.2) is 0 Å². The molecular formula is C17H21NOS. The average Bonchev–Trinajstić information content (AvgIpc) is 2.68. The van der Waals surface area contributed by atoms with Crippen LogP contribution in [0.4, 0.5) is 0 Å². The van der Waals surface area contributed by atoms with Gasteiger partial charge in [0, 0.05) is 16.9 Å². The van der Waals surface area contributed by atoms with E-state index in [0.29, 0.717) is 12.8 Å². The summed E-state index contributed by atoms with van der Waals surface area (Å²) >= 11 is 1.63. The minimum Gasteiger partial charge on any atom is -0.299 e. The van der Waals surface area contributed by atoms with Crippen LogP contribution < -0.4 is 0 Å². The second-order valence-corrected chi connectivity index (χ2v) is 7.62. The van der Waals surface area contributed by atoms with Crippen molar-refractivity contribution in [2.24, 2.45) is 5.41 Å². The van der Waals surface area contributed by atoms with Crippen LogP contribution in [0.15, 0.2) is 30.3 Å². The maximum absolute atomic E-state index is 12.1. The van der Waals surface area contributed by atoms with E-state index in [1.807, 2.05) is 18.2 Å². The molecule has 1 aromatic carbocycles. The number of nitrogens with zero attached hydrogens (tertiary/aromatic N) is 1. The molecule has 2 rings (SSSR count). The van der Waals surface area contributed by atoms with E-state index in [4.69, 9.17) is 0 Å². The molecular weight excluding hydrogens is 266 g/mol. The van der Waals surface area contributed by atoms with Crippen molar-refractivity contribution in [1.29, 1.82) is 0 Å². The van der Waals surface area contributed by atoms with E-state index >= 15 is 0 Å². The van der Waals surface area contributed by atoms with E-state index in [-0.39, 0.29) is 11.2 Å². The summed E-state index contributed by atoms with van der Waals surface area (Å²) in [4.78, 5) is 17.9. The number of thiazole rings is 1. The molecule has 0 saturated heterocycles. The summed E-state index contributed by atoms with van der Waals surface area (Å²) in [5.74, 6) is 0.269. The second-order valence-electron chi connectivity index (χ2n) is 6.33. The van der Waals surface area contributed by atoms with Gasteiger partial charge in [-0.3, -0.25) is 4.79 Å². The molecule has 0 saturated carbocycles. The molecule has 0 fully saturated rings. The second kappa shape index (κ2) is 5.88. The van der Waals surface area contributed by atoms with Crippen LogP contribution in [0.3, 0.4) is 0 Å². The summed E-state index contributed by atoms with van der Waals surface area (Å²) in [5.41, 5.74) is 2.18. The predicted molar refractivity (Wildman–Crippen MR) is 85.1 cm³/mol. The molecule has 0 atom stereocenters. The minimum atomic E-state index is 0.0473. The Labute approximate surface area is 124 Å². The number of ketones is 1. The number of aromatic nitrogens is 1. The summed E-state index contributed by atoms with van der Waals surface area (Å²) in [6, 6.07) is 10.1. The first kappa shape index (κ1) is 14.9. The third kappa shape index (κ3) is 4.01. The molecule has 0 aliphatic carbocycles. The highest BCUT2D eigenvalue weighted by Crippen LogP contribution is 2.28. The Morgan fingerprint density at radius 3 is 2.45 bits per heavy atom. The largest absolute Gasteiger partial charge is 0.299 e. The Kier molecular flexibility index (Phi) is 4.39. The number of carbonyl (C=O) groups excluding carboxylic acids is 1. The Balaban J connectivity index is 2.14. The quantitative estimate of drug-likeness (QED) is 0.818. The standard InChI is InChI=1S/C17H21NOS/c1-12-16(13-8-6-5-7-9-13)18-15(20-12)10-14(19)11-17(2,3)4/h5-9H,10-11H2,1-4H3. The first-order valence-electron chi connectivity index (χ1n) is 6.88. The molecule has 0 spiro atoms. The monoisotopic (exact) mass is 287 g/mol. The Morgan fingerprint density at radius 2 is 1.85 bits per heavy atom. The molecule has 2 nitrogen and oxygen atoms in total. The fraction of sp³-hybridized carbons (Fsp3) is 0.412. The molecule has 106 valence electrons. The highest BCUT2D eigenvalue weighted by Gasteiger charge is 2.18. The van der Waals surface area contributed by atoms with Gasteiger partial charge in [-0.15, -0.1) is 11.3 Å². The molecule has 0 unspecified atom stereocenters. The molecule has 2 aromatic rings. The van der Waals surface area contributed by atoms with Crippen molar-refractivity contribution in [2.75, 3.05) is 0 Å². The molecule has 0 bridgehead atoms. The van der Waals surface area contributed by atoms with Crippen molar-refractivity contribution >= 4 is 17.1 Å². The number of Topliss-reactive ketones (excluding diaryl/α,β-unsaturated/α-hetero) is 1. The SMILES string of the molecule is Cc1sc(CC(=O)CC(C)(C)C)nc1-c1ccccc1. The molecule has 0 amide bonds. The smallest absolute Gasteiger partial charge is 0.140 e. The van der Waals surface area contributed by atoms with E-state index in [1.54, 1.807) is 11.3 Å². The van der Waals surface area contributed by atoms with Gasteiger partial charge >= 0.3 is 0 Å². The Bertz CT molecular complexity index is 593. The van der Waals surface area contributed by atoms with E-state index < -0.39 is 0 Å². The molecule has 0 aliphatic rings. The molecule has 0 aliphatic heterocycles. The van der Waals surface area contributed by atoms with Gasteiger partial charge in [-0.2, -0.15) is 0 Å². The first-order chi connectivity index (χ1) is 9.35. The lowest BCUT2D eigenvalue weighted by atomic mass is 9.89. The normalized spacial score (nSPS) is 11.6. The van der Waals surface area contributed by atoms with Crippen LogP contribution in [0.5, 0.6) is 0 Å². The minimum absolute atomic E-state index is 0.0473. The predicted octanol–water partition coefficient (Wildman–Crippen LogP) is 4.67. The number of carbonyl (C=O) groups is 1. The number of benzene rings is 1.